The average Bonchev–Trinajstić information content (AvgIpc) is 2.56. The van der Waals surface area contributed by atoms with Crippen molar-refractivity contribution in [3.8, 4) is 0 Å². The Morgan fingerprint density at radius 3 is 2.87 bits per heavy atom. The zero-order valence-corrected chi connectivity index (χ0v) is 9.73. The highest BCUT2D eigenvalue weighted by Gasteiger charge is 2.01. The lowest BCUT2D eigenvalue weighted by molar-refractivity contribution is 0.583. The molecule has 3 heteroatoms. The Morgan fingerprint density at radius 2 is 2.13 bits per heavy atom. The molecule has 0 aliphatic rings. The molecule has 0 spiro atoms. The fourth-order valence-electron chi connectivity index (χ4n) is 1.57. The van der Waals surface area contributed by atoms with Crippen molar-refractivity contribution >= 4 is 22.5 Å². The van der Waals surface area contributed by atoms with Crippen molar-refractivity contribution in [1.29, 1.82) is 0 Å². The van der Waals surface area contributed by atoms with Crippen LogP contribution in [-0.4, -0.2) is 11.0 Å². The predicted octanol–water partition coefficient (Wildman–Crippen LogP) is 3.32. The van der Waals surface area contributed by atoms with Gasteiger partial charge in [0.2, 0.25) is 0 Å². The Hall–Kier alpha value is -0.990. The quantitative estimate of drug-likeness (QED) is 0.819. The minimum atomic E-state index is 0.500. The van der Waals surface area contributed by atoms with E-state index in [0.717, 1.165) is 17.1 Å². The van der Waals surface area contributed by atoms with Crippen molar-refractivity contribution in [2.24, 2.45) is 0 Å². The first-order valence-corrected chi connectivity index (χ1v) is 5.53. The number of hydrogen-bond donors (Lipinski definition) is 2. The summed E-state index contributed by atoms with van der Waals surface area (Å²) in [5, 5.41) is 5.35. The third kappa shape index (κ3) is 2.52. The van der Waals surface area contributed by atoms with Crippen LogP contribution < -0.4 is 5.32 Å². The Kier molecular flexibility index (Phi) is 2.98. The van der Waals surface area contributed by atoms with Gasteiger partial charge in [0.15, 0.2) is 0 Å². The number of aromatic amines is 1. The van der Waals surface area contributed by atoms with Crippen LogP contribution in [-0.2, 0) is 6.54 Å². The summed E-state index contributed by atoms with van der Waals surface area (Å²) < 4.78 is 0. The van der Waals surface area contributed by atoms with Crippen LogP contribution >= 0.6 is 11.6 Å². The molecule has 0 radical (unpaired) electrons. The van der Waals surface area contributed by atoms with Crippen molar-refractivity contribution in [1.82, 2.24) is 10.3 Å². The molecule has 0 saturated heterocycles. The summed E-state index contributed by atoms with van der Waals surface area (Å²) in [6.07, 6.45) is 0. The molecule has 2 rings (SSSR count). The maximum Gasteiger partial charge on any atom is 0.0471 e. The van der Waals surface area contributed by atoms with E-state index in [2.05, 4.69) is 30.2 Å². The van der Waals surface area contributed by atoms with Crippen molar-refractivity contribution in [2.75, 3.05) is 0 Å². The average molecular weight is 223 g/mol. The maximum absolute atomic E-state index is 5.92. The van der Waals surface area contributed by atoms with Crippen molar-refractivity contribution in [2.45, 2.75) is 26.4 Å². The highest BCUT2D eigenvalue weighted by Crippen LogP contribution is 2.19. The molecular formula is C12H15ClN2. The molecule has 0 amide bonds. The molecule has 0 saturated carbocycles. The summed E-state index contributed by atoms with van der Waals surface area (Å²) in [5.74, 6) is 0. The molecule has 1 aromatic carbocycles. The largest absolute Gasteiger partial charge is 0.357 e. The normalized spacial score (nSPS) is 11.5. The summed E-state index contributed by atoms with van der Waals surface area (Å²) in [5.41, 5.74) is 2.30. The van der Waals surface area contributed by atoms with Gasteiger partial charge in [0.1, 0.15) is 0 Å². The van der Waals surface area contributed by atoms with E-state index in [1.165, 1.54) is 11.1 Å². The molecule has 0 unspecified atom stereocenters. The van der Waals surface area contributed by atoms with Crippen molar-refractivity contribution < 1.29 is 0 Å². The number of nitrogens with one attached hydrogen (secondary N) is 2. The van der Waals surface area contributed by atoms with E-state index in [9.17, 15) is 0 Å². The third-order valence-electron chi connectivity index (χ3n) is 2.34. The smallest absolute Gasteiger partial charge is 0.0471 e. The van der Waals surface area contributed by atoms with Gasteiger partial charge in [0.25, 0.3) is 0 Å². The van der Waals surface area contributed by atoms with Crippen LogP contribution in [0.25, 0.3) is 10.9 Å². The fraction of sp³-hybridized carbons (Fsp3) is 0.333. The van der Waals surface area contributed by atoms with Gasteiger partial charge in [-0.25, -0.2) is 0 Å². The van der Waals surface area contributed by atoms with Crippen LogP contribution in [0.2, 0.25) is 5.02 Å². The van der Waals surface area contributed by atoms with E-state index in [4.69, 9.17) is 11.6 Å². The van der Waals surface area contributed by atoms with Crippen LogP contribution in [0.15, 0.2) is 24.3 Å². The molecule has 2 N–H and O–H groups in total. The van der Waals surface area contributed by atoms with Crippen LogP contribution in [0, 0.1) is 0 Å². The Labute approximate surface area is 94.6 Å². The van der Waals surface area contributed by atoms with E-state index in [1.807, 2.05) is 18.2 Å². The molecule has 80 valence electrons. The lowest BCUT2D eigenvalue weighted by Crippen LogP contribution is -2.21. The van der Waals surface area contributed by atoms with E-state index in [0.29, 0.717) is 6.04 Å². The minimum Gasteiger partial charge on any atom is -0.357 e. The van der Waals surface area contributed by atoms with Crippen molar-refractivity contribution in [3.05, 3.63) is 35.0 Å². The van der Waals surface area contributed by atoms with E-state index in [1.54, 1.807) is 0 Å². The molecule has 1 heterocycles. The number of rotatable bonds is 3. The Balaban J connectivity index is 2.23. The third-order valence-corrected chi connectivity index (χ3v) is 2.58. The first-order valence-electron chi connectivity index (χ1n) is 5.15. The molecule has 0 aliphatic heterocycles. The second-order valence-electron chi connectivity index (χ2n) is 4.06. The van der Waals surface area contributed by atoms with Gasteiger partial charge in [-0.15, -0.1) is 0 Å². The summed E-state index contributed by atoms with van der Waals surface area (Å²) in [6, 6.07) is 8.56. The zero-order chi connectivity index (χ0) is 10.8. The monoisotopic (exact) mass is 222 g/mol. The van der Waals surface area contributed by atoms with Crippen LogP contribution in [0.1, 0.15) is 19.5 Å². The number of halogens is 1. The molecule has 1 aromatic heterocycles. The van der Waals surface area contributed by atoms with Crippen LogP contribution in [0.5, 0.6) is 0 Å². The molecular weight excluding hydrogens is 208 g/mol. The molecule has 2 aromatic rings. The zero-order valence-electron chi connectivity index (χ0n) is 8.97. The lowest BCUT2D eigenvalue weighted by Gasteiger charge is -2.05. The summed E-state index contributed by atoms with van der Waals surface area (Å²) in [6.45, 7) is 5.14. The fourth-order valence-corrected chi connectivity index (χ4v) is 1.74. The SMILES string of the molecule is CC(C)NCc1cc2ccc(Cl)cc2[nH]1. The Bertz CT molecular complexity index is 460. The molecule has 0 bridgehead atoms. The maximum atomic E-state index is 5.92. The van der Waals surface area contributed by atoms with Gasteiger partial charge >= 0.3 is 0 Å². The second kappa shape index (κ2) is 4.25. The van der Waals surface area contributed by atoms with Gasteiger partial charge in [-0.1, -0.05) is 31.5 Å². The molecule has 0 aliphatic carbocycles. The second-order valence-corrected chi connectivity index (χ2v) is 4.50. The first-order chi connectivity index (χ1) is 7.15. The van der Waals surface area contributed by atoms with Gasteiger partial charge in [-0.2, -0.15) is 0 Å². The van der Waals surface area contributed by atoms with Gasteiger partial charge < -0.3 is 10.3 Å². The van der Waals surface area contributed by atoms with E-state index in [-0.39, 0.29) is 0 Å². The lowest BCUT2D eigenvalue weighted by atomic mass is 10.2. The van der Waals surface area contributed by atoms with Gasteiger partial charge in [-0.05, 0) is 23.6 Å². The predicted molar refractivity (Wildman–Crippen MR) is 65.3 cm³/mol. The summed E-state index contributed by atoms with van der Waals surface area (Å²) in [4.78, 5) is 3.34. The molecule has 0 fully saturated rings. The standard InChI is InChI=1S/C12H15ClN2/c1-8(2)14-7-11-5-9-3-4-10(13)6-12(9)15-11/h3-6,8,14-15H,7H2,1-2H3. The number of H-pyrrole nitrogens is 1. The summed E-state index contributed by atoms with van der Waals surface area (Å²) in [7, 11) is 0. The number of benzene rings is 1. The number of fused-ring (bicyclic) bond motifs is 1. The van der Waals surface area contributed by atoms with E-state index >= 15 is 0 Å². The highest BCUT2D eigenvalue weighted by atomic mass is 35.5. The highest BCUT2D eigenvalue weighted by molar-refractivity contribution is 6.31. The number of aromatic nitrogens is 1. The first kappa shape index (κ1) is 10.5. The number of hydrogen-bond acceptors (Lipinski definition) is 1. The van der Waals surface area contributed by atoms with Gasteiger partial charge in [0, 0.05) is 28.8 Å². The Morgan fingerprint density at radius 1 is 1.33 bits per heavy atom. The van der Waals surface area contributed by atoms with Crippen LogP contribution in [0.4, 0.5) is 0 Å². The van der Waals surface area contributed by atoms with Gasteiger partial charge in [-0.3, -0.25) is 0 Å². The van der Waals surface area contributed by atoms with Crippen molar-refractivity contribution in [3.63, 3.8) is 0 Å². The summed E-state index contributed by atoms with van der Waals surface area (Å²) >= 11 is 5.92. The van der Waals surface area contributed by atoms with Crippen LogP contribution in [0.3, 0.4) is 0 Å². The topological polar surface area (TPSA) is 27.8 Å². The minimum absolute atomic E-state index is 0.500. The van der Waals surface area contributed by atoms with Gasteiger partial charge in [0.05, 0.1) is 0 Å². The molecule has 15 heavy (non-hydrogen) atoms. The molecule has 2 nitrogen and oxygen atoms in total. The van der Waals surface area contributed by atoms with E-state index < -0.39 is 0 Å². The molecule has 0 atom stereocenters.